The lowest BCUT2D eigenvalue weighted by Gasteiger charge is -2.25. The second kappa shape index (κ2) is 6.51. The molecule has 0 amide bonds. The zero-order chi connectivity index (χ0) is 13.0. The average Bonchev–Trinajstić information content (AvgIpc) is 2.40. The van der Waals surface area contributed by atoms with E-state index < -0.39 is 0 Å². The lowest BCUT2D eigenvalue weighted by atomic mass is 9.82. The molecule has 1 aromatic rings. The van der Waals surface area contributed by atoms with Crippen LogP contribution in [0.3, 0.4) is 0 Å². The third-order valence-electron chi connectivity index (χ3n) is 3.98. The van der Waals surface area contributed by atoms with E-state index in [4.69, 9.17) is 16.6 Å². The fourth-order valence-electron chi connectivity index (χ4n) is 2.74. The van der Waals surface area contributed by atoms with Crippen molar-refractivity contribution < 1.29 is 0 Å². The minimum atomic E-state index is 0.525. The Morgan fingerprint density at radius 2 is 2.00 bits per heavy atom. The molecule has 0 atom stereocenters. The van der Waals surface area contributed by atoms with Crippen LogP contribution in [0.5, 0.6) is 0 Å². The van der Waals surface area contributed by atoms with Crippen LogP contribution >= 0.6 is 11.6 Å². The molecule has 1 aliphatic carbocycles. The van der Waals surface area contributed by atoms with E-state index in [1.54, 1.807) is 0 Å². The van der Waals surface area contributed by atoms with E-state index in [9.17, 15) is 0 Å². The summed E-state index contributed by atoms with van der Waals surface area (Å²) in [5.74, 6) is 3.02. The van der Waals surface area contributed by atoms with Crippen LogP contribution in [0.4, 0.5) is 0 Å². The molecule has 3 heteroatoms. The van der Waals surface area contributed by atoms with Crippen molar-refractivity contribution in [3.05, 3.63) is 23.3 Å². The van der Waals surface area contributed by atoms with Crippen molar-refractivity contribution in [1.29, 1.82) is 0 Å². The van der Waals surface area contributed by atoms with Gasteiger partial charge in [0, 0.05) is 23.4 Å². The van der Waals surface area contributed by atoms with E-state index in [0.29, 0.717) is 11.8 Å². The molecule has 1 aliphatic rings. The highest BCUT2D eigenvalue weighted by atomic mass is 35.5. The Hall–Kier alpha value is -0.630. The van der Waals surface area contributed by atoms with E-state index >= 15 is 0 Å². The molecule has 1 fully saturated rings. The Balaban J connectivity index is 2.15. The van der Waals surface area contributed by atoms with Crippen LogP contribution in [0.25, 0.3) is 0 Å². The van der Waals surface area contributed by atoms with E-state index in [1.165, 1.54) is 25.7 Å². The Kier molecular flexibility index (Phi) is 4.99. The van der Waals surface area contributed by atoms with Gasteiger partial charge in [0.15, 0.2) is 0 Å². The molecule has 2 rings (SSSR count). The fourth-order valence-corrected chi connectivity index (χ4v) is 2.96. The monoisotopic (exact) mass is 266 g/mol. The smallest absolute Gasteiger partial charge is 0.131 e. The largest absolute Gasteiger partial charge is 0.241 e. The number of nitrogens with zero attached hydrogens (tertiary/aromatic N) is 2. The van der Waals surface area contributed by atoms with Gasteiger partial charge in [-0.05, 0) is 25.2 Å². The van der Waals surface area contributed by atoms with Crippen molar-refractivity contribution in [2.24, 2.45) is 5.92 Å². The van der Waals surface area contributed by atoms with E-state index in [-0.39, 0.29) is 0 Å². The van der Waals surface area contributed by atoms with E-state index in [2.05, 4.69) is 18.8 Å². The second-order valence-corrected chi connectivity index (χ2v) is 5.81. The summed E-state index contributed by atoms with van der Waals surface area (Å²) in [6.07, 6.45) is 9.18. The molecule has 0 unspecified atom stereocenters. The lowest BCUT2D eigenvalue weighted by Crippen LogP contribution is -2.15. The molecule has 1 saturated carbocycles. The quantitative estimate of drug-likeness (QED) is 0.752. The van der Waals surface area contributed by atoms with Gasteiger partial charge in [0.2, 0.25) is 0 Å². The molecular weight excluding hydrogens is 244 g/mol. The predicted molar refractivity (Wildman–Crippen MR) is 76.0 cm³/mol. The number of rotatable bonds is 4. The fraction of sp³-hybridized carbons (Fsp3) is 0.733. The minimum absolute atomic E-state index is 0.525. The van der Waals surface area contributed by atoms with Crippen molar-refractivity contribution >= 4 is 11.6 Å². The van der Waals surface area contributed by atoms with Crippen LogP contribution in [-0.2, 0) is 12.3 Å². The van der Waals surface area contributed by atoms with Crippen molar-refractivity contribution in [3.63, 3.8) is 0 Å². The molecule has 0 spiro atoms. The molecule has 0 radical (unpaired) electrons. The van der Waals surface area contributed by atoms with Gasteiger partial charge in [0.1, 0.15) is 5.82 Å². The van der Waals surface area contributed by atoms with Gasteiger partial charge < -0.3 is 0 Å². The van der Waals surface area contributed by atoms with Crippen LogP contribution in [0.1, 0.15) is 69.0 Å². The maximum absolute atomic E-state index is 5.95. The number of halogens is 1. The van der Waals surface area contributed by atoms with Crippen LogP contribution in [0.15, 0.2) is 6.20 Å². The Bertz CT molecular complexity index is 384. The van der Waals surface area contributed by atoms with Gasteiger partial charge in [-0.15, -0.1) is 11.6 Å². The average molecular weight is 267 g/mol. The zero-order valence-corrected chi connectivity index (χ0v) is 12.2. The van der Waals surface area contributed by atoms with E-state index in [0.717, 1.165) is 35.8 Å². The zero-order valence-electron chi connectivity index (χ0n) is 11.5. The summed E-state index contributed by atoms with van der Waals surface area (Å²) in [5, 5.41) is 0. The maximum atomic E-state index is 5.95. The summed E-state index contributed by atoms with van der Waals surface area (Å²) in [6, 6.07) is 0. The topological polar surface area (TPSA) is 25.8 Å². The summed E-state index contributed by atoms with van der Waals surface area (Å²) < 4.78 is 0. The van der Waals surface area contributed by atoms with Gasteiger partial charge in [0.25, 0.3) is 0 Å². The molecule has 0 bridgehead atoms. The number of aryl methyl sites for hydroxylation is 1. The molecule has 100 valence electrons. The lowest BCUT2D eigenvalue weighted by molar-refractivity contribution is 0.339. The van der Waals surface area contributed by atoms with Crippen molar-refractivity contribution in [2.45, 2.75) is 64.2 Å². The van der Waals surface area contributed by atoms with Crippen molar-refractivity contribution in [1.82, 2.24) is 9.97 Å². The maximum Gasteiger partial charge on any atom is 0.131 e. The third kappa shape index (κ3) is 3.23. The first-order chi connectivity index (χ1) is 8.74. The Labute approximate surface area is 115 Å². The number of aromatic nitrogens is 2. The SMILES string of the molecule is CCCc1nc(C2CCC(C)CC2)ncc1CCl. The second-order valence-electron chi connectivity index (χ2n) is 5.54. The van der Waals surface area contributed by atoms with E-state index in [1.807, 2.05) is 6.20 Å². The standard InChI is InChI=1S/C15H23ClN2/c1-3-4-14-13(9-16)10-17-15(18-14)12-7-5-11(2)6-8-12/h10-12H,3-9H2,1-2H3. The van der Waals surface area contributed by atoms with Gasteiger partial charge in [-0.25, -0.2) is 9.97 Å². The Morgan fingerprint density at radius 1 is 1.28 bits per heavy atom. The van der Waals surface area contributed by atoms with Gasteiger partial charge in [0.05, 0.1) is 5.88 Å². The van der Waals surface area contributed by atoms with Gasteiger partial charge in [-0.1, -0.05) is 33.1 Å². The number of hydrogen-bond donors (Lipinski definition) is 0. The minimum Gasteiger partial charge on any atom is -0.241 e. The summed E-state index contributed by atoms with van der Waals surface area (Å²) in [4.78, 5) is 9.33. The van der Waals surface area contributed by atoms with Crippen LogP contribution in [0.2, 0.25) is 0 Å². The normalized spacial score (nSPS) is 24.2. The molecular formula is C15H23ClN2. The van der Waals surface area contributed by atoms with Gasteiger partial charge in [-0.2, -0.15) is 0 Å². The molecule has 0 saturated heterocycles. The Morgan fingerprint density at radius 3 is 2.61 bits per heavy atom. The van der Waals surface area contributed by atoms with Gasteiger partial charge in [-0.3, -0.25) is 0 Å². The molecule has 18 heavy (non-hydrogen) atoms. The molecule has 0 aliphatic heterocycles. The number of hydrogen-bond acceptors (Lipinski definition) is 2. The van der Waals surface area contributed by atoms with Crippen LogP contribution in [0, 0.1) is 5.92 Å². The van der Waals surface area contributed by atoms with Crippen molar-refractivity contribution in [3.8, 4) is 0 Å². The summed E-state index contributed by atoms with van der Waals surface area (Å²) in [5.41, 5.74) is 2.27. The highest BCUT2D eigenvalue weighted by Crippen LogP contribution is 2.34. The first-order valence-corrected chi connectivity index (χ1v) is 7.68. The summed E-state index contributed by atoms with van der Waals surface area (Å²) in [7, 11) is 0. The number of alkyl halides is 1. The van der Waals surface area contributed by atoms with Crippen molar-refractivity contribution in [2.75, 3.05) is 0 Å². The van der Waals surface area contributed by atoms with Crippen LogP contribution in [-0.4, -0.2) is 9.97 Å². The molecule has 0 aromatic carbocycles. The van der Waals surface area contributed by atoms with Crippen LogP contribution < -0.4 is 0 Å². The summed E-state index contributed by atoms with van der Waals surface area (Å²) >= 11 is 5.95. The first kappa shape index (κ1) is 13.8. The highest BCUT2D eigenvalue weighted by molar-refractivity contribution is 6.17. The van der Waals surface area contributed by atoms with Gasteiger partial charge >= 0.3 is 0 Å². The molecule has 2 nitrogen and oxygen atoms in total. The molecule has 1 aromatic heterocycles. The highest BCUT2D eigenvalue weighted by Gasteiger charge is 2.22. The molecule has 1 heterocycles. The molecule has 0 N–H and O–H groups in total. The summed E-state index contributed by atoms with van der Waals surface area (Å²) in [6.45, 7) is 4.53. The first-order valence-electron chi connectivity index (χ1n) is 7.15. The predicted octanol–water partition coefficient (Wildman–Crippen LogP) is 4.46. The third-order valence-corrected chi connectivity index (χ3v) is 4.27.